The number of amides is 2. The number of carbonyl (C=O) groups excluding carboxylic acids is 2. The van der Waals surface area contributed by atoms with E-state index < -0.39 is 6.04 Å². The molecule has 0 aromatic heterocycles. The van der Waals surface area contributed by atoms with Crippen molar-refractivity contribution in [2.75, 3.05) is 0 Å². The first-order valence-corrected chi connectivity index (χ1v) is 9.00. The van der Waals surface area contributed by atoms with Crippen LogP contribution in [0, 0.1) is 5.92 Å². The summed E-state index contributed by atoms with van der Waals surface area (Å²) in [5, 5.41) is 0. The molecule has 0 saturated carbocycles. The average molecular weight is 346 g/mol. The molecule has 0 fully saturated rings. The second-order valence-electron chi connectivity index (χ2n) is 7.25. The van der Waals surface area contributed by atoms with Gasteiger partial charge in [-0.25, -0.2) is 0 Å². The van der Waals surface area contributed by atoms with Crippen molar-refractivity contribution in [1.82, 2.24) is 9.80 Å². The summed E-state index contributed by atoms with van der Waals surface area (Å²) in [6.45, 7) is 6.45. The predicted octanol–water partition coefficient (Wildman–Crippen LogP) is 3.90. The van der Waals surface area contributed by atoms with Crippen LogP contribution in [-0.4, -0.2) is 27.7 Å². The van der Waals surface area contributed by atoms with Crippen LogP contribution in [0.5, 0.6) is 0 Å². The number of rotatable bonds is 3. The molecule has 0 N–H and O–H groups in total. The molecular formula is C22H22N2O2. The Bertz CT molecular complexity index is 915. The van der Waals surface area contributed by atoms with E-state index in [2.05, 4.69) is 0 Å². The van der Waals surface area contributed by atoms with E-state index in [-0.39, 0.29) is 17.7 Å². The number of allylic oxidation sites excluding steroid dienone is 1. The molecule has 0 unspecified atom stereocenters. The highest BCUT2D eigenvalue weighted by molar-refractivity contribution is 6.13. The molecule has 1 atom stereocenters. The summed E-state index contributed by atoms with van der Waals surface area (Å²) >= 11 is 0. The molecule has 0 bridgehead atoms. The van der Waals surface area contributed by atoms with Gasteiger partial charge in [0.25, 0.3) is 11.8 Å². The van der Waals surface area contributed by atoms with Crippen molar-refractivity contribution in [2.24, 2.45) is 5.92 Å². The van der Waals surface area contributed by atoms with E-state index in [9.17, 15) is 9.59 Å². The molecule has 2 aliphatic rings. The zero-order valence-electron chi connectivity index (χ0n) is 15.3. The van der Waals surface area contributed by atoms with E-state index in [4.69, 9.17) is 0 Å². The minimum atomic E-state index is -0.475. The highest BCUT2D eigenvalue weighted by Crippen LogP contribution is 2.42. The maximum absolute atomic E-state index is 13.3. The molecule has 0 saturated heterocycles. The minimum absolute atomic E-state index is 0.00809. The van der Waals surface area contributed by atoms with Gasteiger partial charge in [0.2, 0.25) is 0 Å². The van der Waals surface area contributed by atoms with Crippen molar-refractivity contribution >= 4 is 17.5 Å². The third-order valence-electron chi connectivity index (χ3n) is 5.23. The lowest BCUT2D eigenvalue weighted by atomic mass is 9.96. The lowest BCUT2D eigenvalue weighted by Crippen LogP contribution is -2.54. The number of carbonyl (C=O) groups is 2. The van der Waals surface area contributed by atoms with Gasteiger partial charge < -0.3 is 4.90 Å². The summed E-state index contributed by atoms with van der Waals surface area (Å²) in [6, 6.07) is 17.1. The van der Waals surface area contributed by atoms with Crippen molar-refractivity contribution in [3.05, 3.63) is 77.0 Å². The summed E-state index contributed by atoms with van der Waals surface area (Å²) in [5.74, 6) is -0.0465. The van der Waals surface area contributed by atoms with E-state index >= 15 is 0 Å². The summed E-state index contributed by atoms with van der Waals surface area (Å²) in [5.41, 5.74) is 4.40. The SMILES string of the molecule is CC1=C2c3ccccc3C(=O)N2[C@@H](C(C)C)C(=O)N1Cc1ccccc1. The van der Waals surface area contributed by atoms with Crippen molar-refractivity contribution in [3.63, 3.8) is 0 Å². The molecule has 0 radical (unpaired) electrons. The van der Waals surface area contributed by atoms with Gasteiger partial charge >= 0.3 is 0 Å². The number of hydrogen-bond donors (Lipinski definition) is 0. The van der Waals surface area contributed by atoms with Gasteiger partial charge in [-0.15, -0.1) is 0 Å². The quantitative estimate of drug-likeness (QED) is 0.846. The van der Waals surface area contributed by atoms with Crippen molar-refractivity contribution in [2.45, 2.75) is 33.4 Å². The van der Waals surface area contributed by atoms with Crippen molar-refractivity contribution < 1.29 is 9.59 Å². The van der Waals surface area contributed by atoms with Gasteiger partial charge in [0.05, 0.1) is 12.2 Å². The molecule has 132 valence electrons. The fourth-order valence-electron chi connectivity index (χ4n) is 3.98. The maximum Gasteiger partial charge on any atom is 0.259 e. The number of fused-ring (bicyclic) bond motifs is 3. The maximum atomic E-state index is 13.3. The second kappa shape index (κ2) is 6.13. The molecule has 2 amide bonds. The molecule has 0 aliphatic carbocycles. The van der Waals surface area contributed by atoms with Crippen LogP contribution in [0.4, 0.5) is 0 Å². The summed E-state index contributed by atoms with van der Waals surface area (Å²) in [6.07, 6.45) is 0. The van der Waals surface area contributed by atoms with Crippen molar-refractivity contribution in [3.8, 4) is 0 Å². The van der Waals surface area contributed by atoms with Crippen LogP contribution in [0.3, 0.4) is 0 Å². The Labute approximate surface area is 153 Å². The third-order valence-corrected chi connectivity index (χ3v) is 5.23. The van der Waals surface area contributed by atoms with Crippen LogP contribution in [0.15, 0.2) is 60.3 Å². The van der Waals surface area contributed by atoms with E-state index in [1.807, 2.05) is 80.3 Å². The Morgan fingerprint density at radius 3 is 2.19 bits per heavy atom. The van der Waals surface area contributed by atoms with Crippen LogP contribution in [-0.2, 0) is 11.3 Å². The Morgan fingerprint density at radius 2 is 1.54 bits per heavy atom. The average Bonchev–Trinajstić information content (AvgIpc) is 2.93. The van der Waals surface area contributed by atoms with Gasteiger partial charge in [-0.2, -0.15) is 0 Å². The first kappa shape index (κ1) is 16.6. The Balaban J connectivity index is 1.87. The molecule has 4 heteroatoms. The lowest BCUT2D eigenvalue weighted by molar-refractivity contribution is -0.136. The predicted molar refractivity (Wildman–Crippen MR) is 101 cm³/mol. The first-order valence-electron chi connectivity index (χ1n) is 9.00. The van der Waals surface area contributed by atoms with Gasteiger partial charge in [-0.3, -0.25) is 14.5 Å². The largest absolute Gasteiger partial charge is 0.308 e. The molecule has 2 aromatic rings. The van der Waals surface area contributed by atoms with E-state index in [1.165, 1.54) is 0 Å². The van der Waals surface area contributed by atoms with Gasteiger partial charge in [0.1, 0.15) is 6.04 Å². The first-order chi connectivity index (χ1) is 12.5. The summed E-state index contributed by atoms with van der Waals surface area (Å²) < 4.78 is 0. The monoisotopic (exact) mass is 346 g/mol. The molecule has 2 aromatic carbocycles. The molecule has 2 aliphatic heterocycles. The van der Waals surface area contributed by atoms with E-state index in [0.29, 0.717) is 12.1 Å². The van der Waals surface area contributed by atoms with E-state index in [1.54, 1.807) is 4.90 Å². The normalized spacial score (nSPS) is 19.3. The molecule has 2 heterocycles. The summed E-state index contributed by atoms with van der Waals surface area (Å²) in [7, 11) is 0. The smallest absolute Gasteiger partial charge is 0.259 e. The Kier molecular flexibility index (Phi) is 3.91. The minimum Gasteiger partial charge on any atom is -0.308 e. The number of benzene rings is 2. The van der Waals surface area contributed by atoms with Crippen LogP contribution in [0.25, 0.3) is 5.70 Å². The van der Waals surface area contributed by atoms with Crippen LogP contribution >= 0.6 is 0 Å². The van der Waals surface area contributed by atoms with E-state index in [0.717, 1.165) is 22.5 Å². The van der Waals surface area contributed by atoms with Crippen LogP contribution < -0.4 is 0 Å². The molecular weight excluding hydrogens is 324 g/mol. The highest BCUT2D eigenvalue weighted by Gasteiger charge is 2.47. The van der Waals surface area contributed by atoms with Gasteiger partial charge in [0, 0.05) is 16.8 Å². The zero-order chi connectivity index (χ0) is 18.4. The standard InChI is InChI=1S/C22H22N2O2/c1-14(2)19-22(26)23(13-16-9-5-4-6-10-16)15(3)20-17-11-7-8-12-18(17)21(25)24(19)20/h4-12,14,19H,13H2,1-3H3/t19-/m0/s1. The fourth-order valence-corrected chi connectivity index (χ4v) is 3.98. The highest BCUT2D eigenvalue weighted by atomic mass is 16.2. The van der Waals surface area contributed by atoms with Crippen LogP contribution in [0.2, 0.25) is 0 Å². The lowest BCUT2D eigenvalue weighted by Gasteiger charge is -2.41. The Morgan fingerprint density at radius 1 is 0.923 bits per heavy atom. The summed E-state index contributed by atoms with van der Waals surface area (Å²) in [4.78, 5) is 29.9. The third kappa shape index (κ3) is 2.37. The molecule has 26 heavy (non-hydrogen) atoms. The molecule has 0 spiro atoms. The Hall–Kier alpha value is -2.88. The number of nitrogens with zero attached hydrogens (tertiary/aromatic N) is 2. The van der Waals surface area contributed by atoms with Crippen molar-refractivity contribution in [1.29, 1.82) is 0 Å². The van der Waals surface area contributed by atoms with Crippen LogP contribution in [0.1, 0.15) is 42.3 Å². The zero-order valence-corrected chi connectivity index (χ0v) is 15.3. The number of hydrogen-bond acceptors (Lipinski definition) is 2. The topological polar surface area (TPSA) is 40.6 Å². The van der Waals surface area contributed by atoms with Gasteiger partial charge in [-0.05, 0) is 24.5 Å². The molecule has 4 rings (SSSR count). The van der Waals surface area contributed by atoms with Gasteiger partial charge in [-0.1, -0.05) is 62.4 Å². The molecule has 4 nitrogen and oxygen atoms in total. The fraction of sp³-hybridized carbons (Fsp3) is 0.273. The van der Waals surface area contributed by atoms with Gasteiger partial charge in [0.15, 0.2) is 0 Å². The second-order valence-corrected chi connectivity index (χ2v) is 7.25.